The van der Waals surface area contributed by atoms with Gasteiger partial charge in [-0.1, -0.05) is 49.5 Å². The van der Waals surface area contributed by atoms with Crippen molar-refractivity contribution in [2.45, 2.75) is 64.2 Å². The first kappa shape index (κ1) is 20.6. The molecule has 2 heterocycles. The van der Waals surface area contributed by atoms with Crippen LogP contribution in [0.25, 0.3) is 0 Å². The maximum absolute atomic E-state index is 12.6. The Morgan fingerprint density at radius 2 is 1.93 bits per heavy atom. The van der Waals surface area contributed by atoms with Crippen LogP contribution < -0.4 is 10.2 Å². The lowest BCUT2D eigenvalue weighted by Gasteiger charge is -2.27. The minimum Gasteiger partial charge on any atom is -0.407 e. The van der Waals surface area contributed by atoms with Crippen LogP contribution in [-0.4, -0.2) is 28.6 Å². The monoisotopic (exact) mass is 410 g/mol. The zero-order chi connectivity index (χ0) is 20.9. The van der Waals surface area contributed by atoms with Gasteiger partial charge in [0.1, 0.15) is 0 Å². The molecule has 1 aromatic heterocycles. The lowest BCUT2D eigenvalue weighted by atomic mass is 9.79. The predicted molar refractivity (Wildman–Crippen MR) is 114 cm³/mol. The molecule has 1 saturated carbocycles. The van der Waals surface area contributed by atoms with E-state index < -0.39 is 0 Å². The third kappa shape index (κ3) is 4.71. The standard InChI is InChI=1S/C23H30N4O3/c1-2-3-7-16-10-12-17(13-11-16)21(29)24-23-26-25-22(30-23)18-14-20(28)27(15-18)19-8-5-4-6-9-19/h4-6,8-9,16-18H,2-3,7,10-15H2,1H3,(H,24,26,29). The number of benzene rings is 1. The van der Waals surface area contributed by atoms with E-state index in [2.05, 4.69) is 22.4 Å². The summed E-state index contributed by atoms with van der Waals surface area (Å²) in [6, 6.07) is 9.70. The Hall–Kier alpha value is -2.70. The molecule has 1 N–H and O–H groups in total. The van der Waals surface area contributed by atoms with Crippen molar-refractivity contribution in [2.24, 2.45) is 11.8 Å². The highest BCUT2D eigenvalue weighted by atomic mass is 16.4. The van der Waals surface area contributed by atoms with Crippen molar-refractivity contribution >= 4 is 23.5 Å². The Balaban J connectivity index is 1.30. The van der Waals surface area contributed by atoms with Gasteiger partial charge >= 0.3 is 6.01 Å². The number of rotatable bonds is 7. The molecule has 1 atom stereocenters. The SMILES string of the molecule is CCCCC1CCC(C(=O)Nc2nnc(C3CC(=O)N(c4ccccc4)C3)o2)CC1. The molecule has 0 spiro atoms. The van der Waals surface area contributed by atoms with E-state index in [-0.39, 0.29) is 29.7 Å². The summed E-state index contributed by atoms with van der Waals surface area (Å²) < 4.78 is 5.70. The van der Waals surface area contributed by atoms with E-state index in [1.807, 2.05) is 30.3 Å². The molecular formula is C23H30N4O3. The molecule has 1 aromatic carbocycles. The molecule has 7 nitrogen and oxygen atoms in total. The zero-order valence-corrected chi connectivity index (χ0v) is 17.5. The number of aromatic nitrogens is 2. The summed E-state index contributed by atoms with van der Waals surface area (Å²) in [5.74, 6) is 1.02. The minimum absolute atomic E-state index is 0.0138. The third-order valence-electron chi connectivity index (χ3n) is 6.40. The van der Waals surface area contributed by atoms with Crippen LogP contribution in [0.5, 0.6) is 0 Å². The zero-order valence-electron chi connectivity index (χ0n) is 17.5. The van der Waals surface area contributed by atoms with E-state index in [4.69, 9.17) is 4.42 Å². The van der Waals surface area contributed by atoms with Crippen LogP contribution in [0.1, 0.15) is 70.1 Å². The van der Waals surface area contributed by atoms with Gasteiger partial charge in [-0.15, -0.1) is 5.10 Å². The highest BCUT2D eigenvalue weighted by molar-refractivity contribution is 5.96. The Labute approximate surface area is 177 Å². The molecule has 4 rings (SSSR count). The Kier molecular flexibility index (Phi) is 6.45. The second-order valence-electron chi connectivity index (χ2n) is 8.54. The van der Waals surface area contributed by atoms with E-state index in [1.54, 1.807) is 4.90 Å². The molecule has 1 saturated heterocycles. The minimum atomic E-state index is -0.162. The number of nitrogens with one attached hydrogen (secondary N) is 1. The average molecular weight is 411 g/mol. The summed E-state index contributed by atoms with van der Waals surface area (Å²) in [7, 11) is 0. The first-order valence-corrected chi connectivity index (χ1v) is 11.1. The molecular weight excluding hydrogens is 380 g/mol. The fraction of sp³-hybridized carbons (Fsp3) is 0.565. The predicted octanol–water partition coefficient (Wildman–Crippen LogP) is 4.53. The quantitative estimate of drug-likeness (QED) is 0.725. The van der Waals surface area contributed by atoms with Gasteiger partial charge in [-0.25, -0.2) is 0 Å². The fourth-order valence-corrected chi connectivity index (χ4v) is 4.59. The van der Waals surface area contributed by atoms with E-state index in [0.29, 0.717) is 18.9 Å². The molecule has 2 fully saturated rings. The van der Waals surface area contributed by atoms with Gasteiger partial charge in [-0.2, -0.15) is 0 Å². The number of anilines is 2. The van der Waals surface area contributed by atoms with Crippen LogP contribution >= 0.6 is 0 Å². The normalized spacial score (nSPS) is 24.2. The second-order valence-corrected chi connectivity index (χ2v) is 8.54. The van der Waals surface area contributed by atoms with Gasteiger partial charge in [0.2, 0.25) is 17.7 Å². The number of unbranched alkanes of at least 4 members (excludes halogenated alkanes) is 1. The summed E-state index contributed by atoms with van der Waals surface area (Å²) in [5, 5.41) is 10.9. The molecule has 1 aliphatic carbocycles. The van der Waals surface area contributed by atoms with Gasteiger partial charge in [0, 0.05) is 24.6 Å². The number of hydrogen-bond donors (Lipinski definition) is 1. The first-order chi connectivity index (χ1) is 14.6. The Bertz CT molecular complexity index is 858. The summed E-state index contributed by atoms with van der Waals surface area (Å²) in [6.45, 7) is 2.72. The number of amides is 2. The van der Waals surface area contributed by atoms with Crippen LogP contribution in [-0.2, 0) is 9.59 Å². The van der Waals surface area contributed by atoms with E-state index in [1.165, 1.54) is 19.3 Å². The van der Waals surface area contributed by atoms with Crippen molar-refractivity contribution in [3.8, 4) is 0 Å². The van der Waals surface area contributed by atoms with Gasteiger partial charge in [0.05, 0.1) is 5.92 Å². The van der Waals surface area contributed by atoms with Gasteiger partial charge in [0.15, 0.2) is 0 Å². The third-order valence-corrected chi connectivity index (χ3v) is 6.40. The van der Waals surface area contributed by atoms with Crippen LogP contribution in [0.3, 0.4) is 0 Å². The highest BCUT2D eigenvalue weighted by Gasteiger charge is 2.35. The molecule has 160 valence electrons. The topological polar surface area (TPSA) is 88.3 Å². The van der Waals surface area contributed by atoms with Gasteiger partial charge in [-0.05, 0) is 43.7 Å². The van der Waals surface area contributed by atoms with Crippen LogP contribution in [0.2, 0.25) is 0 Å². The first-order valence-electron chi connectivity index (χ1n) is 11.1. The Morgan fingerprint density at radius 3 is 2.67 bits per heavy atom. The molecule has 1 aliphatic heterocycles. The van der Waals surface area contributed by atoms with Crippen molar-refractivity contribution in [1.29, 1.82) is 0 Å². The van der Waals surface area contributed by atoms with Crippen LogP contribution in [0.15, 0.2) is 34.7 Å². The van der Waals surface area contributed by atoms with E-state index in [9.17, 15) is 9.59 Å². The largest absolute Gasteiger partial charge is 0.407 e. The summed E-state index contributed by atoms with van der Waals surface area (Å²) in [6.07, 6.45) is 8.19. The molecule has 0 radical (unpaired) electrons. The average Bonchev–Trinajstić information content (AvgIpc) is 3.39. The molecule has 30 heavy (non-hydrogen) atoms. The number of para-hydroxylation sites is 1. The Morgan fingerprint density at radius 1 is 1.17 bits per heavy atom. The number of nitrogens with zero attached hydrogens (tertiary/aromatic N) is 3. The fourth-order valence-electron chi connectivity index (χ4n) is 4.59. The lowest BCUT2D eigenvalue weighted by molar-refractivity contribution is -0.121. The van der Waals surface area contributed by atoms with Crippen LogP contribution in [0, 0.1) is 11.8 Å². The van der Waals surface area contributed by atoms with Crippen molar-refractivity contribution < 1.29 is 14.0 Å². The number of hydrogen-bond acceptors (Lipinski definition) is 5. The number of carbonyl (C=O) groups excluding carboxylic acids is 2. The molecule has 1 unspecified atom stereocenters. The van der Waals surface area contributed by atoms with Crippen molar-refractivity contribution in [3.05, 3.63) is 36.2 Å². The van der Waals surface area contributed by atoms with Crippen molar-refractivity contribution in [1.82, 2.24) is 10.2 Å². The maximum Gasteiger partial charge on any atom is 0.322 e. The molecule has 0 bridgehead atoms. The molecule has 2 aliphatic rings. The van der Waals surface area contributed by atoms with Crippen molar-refractivity contribution in [3.63, 3.8) is 0 Å². The highest BCUT2D eigenvalue weighted by Crippen LogP contribution is 2.34. The summed E-state index contributed by atoms with van der Waals surface area (Å²) >= 11 is 0. The van der Waals surface area contributed by atoms with Gasteiger partial charge < -0.3 is 9.32 Å². The second kappa shape index (κ2) is 9.41. The summed E-state index contributed by atoms with van der Waals surface area (Å²) in [4.78, 5) is 26.8. The lowest BCUT2D eigenvalue weighted by Crippen LogP contribution is -2.27. The van der Waals surface area contributed by atoms with Gasteiger partial charge in [-0.3, -0.25) is 14.9 Å². The molecule has 2 aromatic rings. The van der Waals surface area contributed by atoms with E-state index >= 15 is 0 Å². The van der Waals surface area contributed by atoms with E-state index in [0.717, 1.165) is 37.3 Å². The van der Waals surface area contributed by atoms with Crippen LogP contribution in [0.4, 0.5) is 11.7 Å². The smallest absolute Gasteiger partial charge is 0.322 e. The molecule has 2 amide bonds. The van der Waals surface area contributed by atoms with Crippen molar-refractivity contribution in [2.75, 3.05) is 16.8 Å². The van der Waals surface area contributed by atoms with Gasteiger partial charge in [0.25, 0.3) is 0 Å². The number of carbonyl (C=O) groups is 2. The molecule has 7 heteroatoms. The maximum atomic E-state index is 12.6. The summed E-state index contributed by atoms with van der Waals surface area (Å²) in [5.41, 5.74) is 0.868.